The molecule has 1 aliphatic rings. The zero-order valence-corrected chi connectivity index (χ0v) is 9.57. The van der Waals surface area contributed by atoms with Gasteiger partial charge in [-0.15, -0.1) is 0 Å². The second-order valence-corrected chi connectivity index (χ2v) is 4.79. The molecule has 2 N–H and O–H groups in total. The van der Waals surface area contributed by atoms with Crippen LogP contribution in [0, 0.1) is 0 Å². The fraction of sp³-hybridized carbons (Fsp3) is 0.357. The van der Waals surface area contributed by atoms with Gasteiger partial charge in [-0.1, -0.05) is 30.3 Å². The summed E-state index contributed by atoms with van der Waals surface area (Å²) in [5.41, 5.74) is 9.08. The molecule has 0 spiro atoms. The lowest BCUT2D eigenvalue weighted by atomic mass is 9.82. The minimum Gasteiger partial charge on any atom is -0.325 e. The molecule has 0 fully saturated rings. The summed E-state index contributed by atoms with van der Waals surface area (Å²) < 4.78 is 0. The van der Waals surface area contributed by atoms with Crippen molar-refractivity contribution < 1.29 is 4.79 Å². The van der Waals surface area contributed by atoms with Crippen molar-refractivity contribution in [3.05, 3.63) is 41.5 Å². The minimum absolute atomic E-state index is 0.0837. The number of aldehydes is 1. The van der Waals surface area contributed by atoms with Gasteiger partial charge in [0.05, 0.1) is 0 Å². The van der Waals surface area contributed by atoms with Crippen LogP contribution in [0.2, 0.25) is 0 Å². The molecule has 0 radical (unpaired) electrons. The topological polar surface area (TPSA) is 43.1 Å². The van der Waals surface area contributed by atoms with Crippen LogP contribution in [0.4, 0.5) is 0 Å². The highest BCUT2D eigenvalue weighted by atomic mass is 16.1. The zero-order chi connectivity index (χ0) is 11.6. The molecule has 0 bridgehead atoms. The van der Waals surface area contributed by atoms with Gasteiger partial charge in [-0.3, -0.25) is 4.79 Å². The van der Waals surface area contributed by atoms with E-state index in [1.807, 2.05) is 24.3 Å². The van der Waals surface area contributed by atoms with Crippen LogP contribution in [0.3, 0.4) is 0 Å². The predicted molar refractivity (Wildman–Crippen MR) is 66.2 cm³/mol. The van der Waals surface area contributed by atoms with E-state index in [0.29, 0.717) is 0 Å². The molecule has 1 unspecified atom stereocenters. The number of nitrogens with two attached hydrogens (primary N) is 1. The third-order valence-corrected chi connectivity index (χ3v) is 3.21. The number of hydrogen-bond acceptors (Lipinski definition) is 2. The average Bonchev–Trinajstić information content (AvgIpc) is 2.29. The van der Waals surface area contributed by atoms with Gasteiger partial charge in [-0.2, -0.15) is 0 Å². The number of carbonyl (C=O) groups excluding carboxylic acids is 1. The van der Waals surface area contributed by atoms with E-state index >= 15 is 0 Å². The first kappa shape index (κ1) is 11.1. The highest BCUT2D eigenvalue weighted by molar-refractivity contribution is 5.85. The molecular formula is C14H17NO. The lowest BCUT2D eigenvalue weighted by Gasteiger charge is -2.29. The van der Waals surface area contributed by atoms with Gasteiger partial charge in [0.1, 0.15) is 0 Å². The number of allylic oxidation sites excluding steroid dienone is 1. The molecular weight excluding hydrogens is 198 g/mol. The monoisotopic (exact) mass is 215 g/mol. The minimum atomic E-state index is -0.0837. The highest BCUT2D eigenvalue weighted by Gasteiger charge is 2.22. The summed E-state index contributed by atoms with van der Waals surface area (Å²) in [4.78, 5) is 10.9. The van der Waals surface area contributed by atoms with E-state index in [9.17, 15) is 4.79 Å². The third kappa shape index (κ3) is 2.22. The van der Waals surface area contributed by atoms with Crippen LogP contribution < -0.4 is 5.73 Å². The van der Waals surface area contributed by atoms with Crippen LogP contribution in [0.15, 0.2) is 30.3 Å². The van der Waals surface area contributed by atoms with Crippen LogP contribution in [-0.4, -0.2) is 11.8 Å². The Morgan fingerprint density at radius 2 is 2.12 bits per heavy atom. The molecule has 16 heavy (non-hydrogen) atoms. The molecule has 2 heteroatoms. The smallest absolute Gasteiger partial charge is 0.150 e. The van der Waals surface area contributed by atoms with E-state index in [4.69, 9.17) is 5.73 Å². The van der Waals surface area contributed by atoms with E-state index in [-0.39, 0.29) is 5.54 Å². The van der Waals surface area contributed by atoms with Crippen molar-refractivity contribution in [2.24, 2.45) is 5.73 Å². The second kappa shape index (κ2) is 4.22. The number of carbonyl (C=O) groups is 1. The molecule has 1 aliphatic carbocycles. The Morgan fingerprint density at radius 3 is 2.75 bits per heavy atom. The van der Waals surface area contributed by atoms with Crippen molar-refractivity contribution in [2.75, 3.05) is 0 Å². The van der Waals surface area contributed by atoms with Crippen molar-refractivity contribution in [3.8, 4) is 0 Å². The van der Waals surface area contributed by atoms with Crippen LogP contribution in [0.5, 0.6) is 0 Å². The molecule has 0 aliphatic heterocycles. The van der Waals surface area contributed by atoms with E-state index in [1.165, 1.54) is 5.57 Å². The normalized spacial score (nSPS) is 25.0. The molecule has 1 atom stereocenters. The van der Waals surface area contributed by atoms with Gasteiger partial charge in [-0.25, -0.2) is 0 Å². The largest absolute Gasteiger partial charge is 0.325 e. The maximum atomic E-state index is 10.9. The Labute approximate surface area is 96.2 Å². The quantitative estimate of drug-likeness (QED) is 0.771. The Bertz CT molecular complexity index is 432. The summed E-state index contributed by atoms with van der Waals surface area (Å²) >= 11 is 0. The summed E-state index contributed by atoms with van der Waals surface area (Å²) in [5, 5.41) is 0. The molecule has 0 amide bonds. The fourth-order valence-corrected chi connectivity index (χ4v) is 2.12. The molecule has 0 saturated heterocycles. The molecule has 84 valence electrons. The fourth-order valence-electron chi connectivity index (χ4n) is 2.12. The number of hydrogen-bond donors (Lipinski definition) is 1. The van der Waals surface area contributed by atoms with Crippen molar-refractivity contribution in [3.63, 3.8) is 0 Å². The Kier molecular flexibility index (Phi) is 2.92. The molecule has 1 aromatic rings. The molecule has 2 nitrogen and oxygen atoms in total. The Morgan fingerprint density at radius 1 is 1.38 bits per heavy atom. The van der Waals surface area contributed by atoms with Gasteiger partial charge >= 0.3 is 0 Å². The van der Waals surface area contributed by atoms with E-state index < -0.39 is 0 Å². The number of benzene rings is 1. The zero-order valence-electron chi connectivity index (χ0n) is 9.57. The van der Waals surface area contributed by atoms with Gasteiger partial charge in [-0.05, 0) is 37.3 Å². The third-order valence-electron chi connectivity index (χ3n) is 3.21. The SMILES string of the molecule is CC1(N)CC=C(c2ccccc2C=O)CC1. The number of rotatable bonds is 2. The standard InChI is InChI=1S/C14H17NO/c1-14(15)8-6-11(7-9-14)13-5-3-2-4-12(13)10-16/h2-6,10H,7-9,15H2,1H3. The summed E-state index contributed by atoms with van der Waals surface area (Å²) in [7, 11) is 0. The van der Waals surface area contributed by atoms with E-state index in [2.05, 4.69) is 13.0 Å². The molecule has 2 rings (SSSR count). The summed E-state index contributed by atoms with van der Waals surface area (Å²) in [6.45, 7) is 2.08. The van der Waals surface area contributed by atoms with Gasteiger partial charge in [0.2, 0.25) is 0 Å². The maximum Gasteiger partial charge on any atom is 0.150 e. The van der Waals surface area contributed by atoms with Gasteiger partial charge in [0.25, 0.3) is 0 Å². The highest BCUT2D eigenvalue weighted by Crippen LogP contribution is 2.32. The first-order chi connectivity index (χ1) is 7.62. The van der Waals surface area contributed by atoms with Crippen molar-refractivity contribution in [2.45, 2.75) is 31.7 Å². The van der Waals surface area contributed by atoms with Gasteiger partial charge in [0, 0.05) is 11.1 Å². The lowest BCUT2D eigenvalue weighted by molar-refractivity contribution is 0.112. The van der Waals surface area contributed by atoms with Crippen LogP contribution in [0.1, 0.15) is 42.1 Å². The van der Waals surface area contributed by atoms with E-state index in [1.54, 1.807) is 0 Å². The van der Waals surface area contributed by atoms with Crippen LogP contribution in [0.25, 0.3) is 5.57 Å². The van der Waals surface area contributed by atoms with Crippen molar-refractivity contribution in [1.29, 1.82) is 0 Å². The molecule has 0 aromatic heterocycles. The molecule has 0 saturated carbocycles. The Balaban J connectivity index is 2.32. The summed E-state index contributed by atoms with van der Waals surface area (Å²) in [5.74, 6) is 0. The van der Waals surface area contributed by atoms with Gasteiger partial charge in [0.15, 0.2) is 6.29 Å². The predicted octanol–water partition coefficient (Wildman–Crippen LogP) is 2.78. The van der Waals surface area contributed by atoms with Gasteiger partial charge < -0.3 is 5.73 Å². The summed E-state index contributed by atoms with van der Waals surface area (Å²) in [6.07, 6.45) is 5.91. The maximum absolute atomic E-state index is 10.9. The first-order valence-corrected chi connectivity index (χ1v) is 5.65. The van der Waals surface area contributed by atoms with E-state index in [0.717, 1.165) is 36.7 Å². The average molecular weight is 215 g/mol. The van der Waals surface area contributed by atoms with Crippen molar-refractivity contribution in [1.82, 2.24) is 0 Å². The lowest BCUT2D eigenvalue weighted by Crippen LogP contribution is -2.37. The summed E-state index contributed by atoms with van der Waals surface area (Å²) in [6, 6.07) is 7.73. The molecule has 0 heterocycles. The molecule has 1 aromatic carbocycles. The Hall–Kier alpha value is -1.41. The first-order valence-electron chi connectivity index (χ1n) is 5.65. The van der Waals surface area contributed by atoms with Crippen LogP contribution >= 0.6 is 0 Å². The van der Waals surface area contributed by atoms with Crippen LogP contribution in [-0.2, 0) is 0 Å². The second-order valence-electron chi connectivity index (χ2n) is 4.79. The van der Waals surface area contributed by atoms with Crippen molar-refractivity contribution >= 4 is 11.9 Å².